The average molecular weight is 481 g/mol. The van der Waals surface area contributed by atoms with E-state index >= 15 is 0 Å². The molecule has 2 heterocycles. The summed E-state index contributed by atoms with van der Waals surface area (Å²) in [5, 5.41) is 24.4. The molecule has 8 nitrogen and oxygen atoms in total. The highest BCUT2D eigenvalue weighted by molar-refractivity contribution is 7.10. The molecule has 4 aromatic rings. The highest BCUT2D eigenvalue weighted by Gasteiger charge is 2.11. The molecule has 166 valence electrons. The van der Waals surface area contributed by atoms with Crippen LogP contribution in [0, 0.1) is 42.3 Å². The lowest BCUT2D eigenvalue weighted by molar-refractivity contribution is 0.617. The van der Waals surface area contributed by atoms with Crippen molar-refractivity contribution in [3.8, 4) is 12.1 Å². The molecule has 0 bridgehead atoms. The molecule has 0 atom stereocenters. The minimum absolute atomic E-state index is 0.0126. The molecule has 0 saturated carbocycles. The van der Waals surface area contributed by atoms with E-state index < -0.39 is 5.56 Å². The first-order chi connectivity index (χ1) is 15.8. The van der Waals surface area contributed by atoms with Gasteiger partial charge in [-0.25, -0.2) is 4.39 Å². The van der Waals surface area contributed by atoms with Crippen LogP contribution >= 0.6 is 23.1 Å². The van der Waals surface area contributed by atoms with Gasteiger partial charge in [0.05, 0.1) is 0 Å². The van der Waals surface area contributed by atoms with Gasteiger partial charge in [0, 0.05) is 11.4 Å². The maximum atomic E-state index is 13.6. The van der Waals surface area contributed by atoms with Crippen LogP contribution in [0.2, 0.25) is 0 Å². The Morgan fingerprint density at radius 2 is 1.36 bits per heavy atom. The molecule has 4 rings (SSSR count). The first kappa shape index (κ1) is 23.5. The number of benzene rings is 2. The van der Waals surface area contributed by atoms with E-state index in [1.165, 1.54) is 6.07 Å². The molecule has 0 amide bonds. The normalized spacial score (nSPS) is 9.85. The van der Waals surface area contributed by atoms with Gasteiger partial charge in [-0.1, -0.05) is 18.2 Å². The topological polar surface area (TPSA) is 137 Å². The smallest absolute Gasteiger partial charge is 0.278 e. The van der Waals surface area contributed by atoms with E-state index in [0.29, 0.717) is 21.3 Å². The first-order valence-corrected chi connectivity index (χ1v) is 11.1. The Hall–Kier alpha value is -4.19. The number of hydrogen-bond donors (Lipinski definition) is 4. The van der Waals surface area contributed by atoms with E-state index in [9.17, 15) is 14.0 Å². The van der Waals surface area contributed by atoms with Gasteiger partial charge in [-0.05, 0) is 72.3 Å². The number of hydrogen-bond acceptors (Lipinski definition) is 8. The van der Waals surface area contributed by atoms with Gasteiger partial charge in [0.25, 0.3) is 11.1 Å². The predicted molar refractivity (Wildman–Crippen MR) is 128 cm³/mol. The molecule has 33 heavy (non-hydrogen) atoms. The van der Waals surface area contributed by atoms with Crippen LogP contribution in [0.25, 0.3) is 0 Å². The van der Waals surface area contributed by atoms with Gasteiger partial charge >= 0.3 is 0 Å². The van der Waals surface area contributed by atoms with Crippen molar-refractivity contribution in [2.75, 3.05) is 10.6 Å². The minimum Gasteiger partial charge on any atom is -0.345 e. The molecule has 0 unspecified atom stereocenters. The van der Waals surface area contributed by atoms with Crippen LogP contribution < -0.4 is 21.8 Å². The van der Waals surface area contributed by atoms with Crippen LogP contribution in [0.5, 0.6) is 0 Å². The van der Waals surface area contributed by atoms with E-state index in [-0.39, 0.29) is 22.5 Å². The summed E-state index contributed by atoms with van der Waals surface area (Å²) in [5.74, 6) is -0.320. The van der Waals surface area contributed by atoms with Gasteiger partial charge in [-0.3, -0.25) is 18.3 Å². The molecule has 0 fully saturated rings. The average Bonchev–Trinajstić information content (AvgIpc) is 3.34. The maximum absolute atomic E-state index is 13.6. The number of aryl methyl sites for hydroxylation is 1. The number of halogens is 1. The summed E-state index contributed by atoms with van der Waals surface area (Å²) in [6, 6.07) is 16.2. The molecule has 11 heteroatoms. The van der Waals surface area contributed by atoms with Crippen LogP contribution in [-0.4, -0.2) is 8.75 Å². The lowest BCUT2D eigenvalue weighted by atomic mass is 10.1. The Balaban J connectivity index is 0.000000189. The Labute approximate surface area is 195 Å². The van der Waals surface area contributed by atoms with E-state index in [2.05, 4.69) is 19.4 Å². The molecule has 0 saturated heterocycles. The number of para-hydroxylation sites is 1. The summed E-state index contributed by atoms with van der Waals surface area (Å²) in [5.41, 5.74) is 2.12. The van der Waals surface area contributed by atoms with Gasteiger partial charge in [-0.15, -0.1) is 0 Å². The summed E-state index contributed by atoms with van der Waals surface area (Å²) < 4.78 is 18.5. The highest BCUT2D eigenvalue weighted by atomic mass is 32.1. The summed E-state index contributed by atoms with van der Waals surface area (Å²) in [7, 11) is 0. The zero-order valence-electron chi connectivity index (χ0n) is 17.4. The second-order valence-corrected chi connectivity index (χ2v) is 8.35. The van der Waals surface area contributed by atoms with Gasteiger partial charge < -0.3 is 10.6 Å². The number of aromatic amines is 2. The Morgan fingerprint density at radius 3 is 1.85 bits per heavy atom. The zero-order valence-corrected chi connectivity index (χ0v) is 19.1. The summed E-state index contributed by atoms with van der Waals surface area (Å²) in [4.78, 5) is 22.4. The van der Waals surface area contributed by atoms with E-state index in [4.69, 9.17) is 10.5 Å². The number of H-pyrrole nitrogens is 2. The Bertz CT molecular complexity index is 1450. The van der Waals surface area contributed by atoms with E-state index in [0.717, 1.165) is 34.3 Å². The second kappa shape index (κ2) is 10.4. The van der Waals surface area contributed by atoms with Crippen molar-refractivity contribution in [2.24, 2.45) is 0 Å². The number of nitriles is 2. The second-order valence-electron chi connectivity index (χ2n) is 6.71. The number of nitrogens with zero attached hydrogens (tertiary/aromatic N) is 2. The third-order valence-corrected chi connectivity index (χ3v) is 6.11. The van der Waals surface area contributed by atoms with Crippen molar-refractivity contribution in [3.05, 3.63) is 91.2 Å². The van der Waals surface area contributed by atoms with Gasteiger partial charge in [-0.2, -0.15) is 10.5 Å². The summed E-state index contributed by atoms with van der Waals surface area (Å²) in [6.07, 6.45) is 0. The fourth-order valence-electron chi connectivity index (χ4n) is 2.66. The lowest BCUT2D eigenvalue weighted by Gasteiger charge is -2.08. The number of aromatic nitrogens is 2. The van der Waals surface area contributed by atoms with Crippen molar-refractivity contribution >= 4 is 44.4 Å². The first-order valence-electron chi connectivity index (χ1n) is 9.43. The quantitative estimate of drug-likeness (QED) is 0.329. The maximum Gasteiger partial charge on any atom is 0.278 e. The summed E-state index contributed by atoms with van der Waals surface area (Å²) >= 11 is 2.14. The van der Waals surface area contributed by atoms with Crippen molar-refractivity contribution in [1.29, 1.82) is 10.5 Å². The highest BCUT2D eigenvalue weighted by Crippen LogP contribution is 2.25. The molecular weight excluding hydrogens is 463 g/mol. The molecule has 2 aromatic carbocycles. The van der Waals surface area contributed by atoms with E-state index in [1.54, 1.807) is 19.9 Å². The fourth-order valence-corrected chi connectivity index (χ4v) is 4.07. The molecule has 0 radical (unpaired) electrons. The zero-order chi connectivity index (χ0) is 24.0. The SMILES string of the molecule is Cc1cc(Nc2s[nH]c(=O)c2C#N)cc(F)c1C.N#Cc1c(Nc2ccccc2)s[nH]c1=O. The Morgan fingerprint density at radius 1 is 0.848 bits per heavy atom. The molecular formula is C22H17FN6O2S2. The van der Waals surface area contributed by atoms with Crippen molar-refractivity contribution in [2.45, 2.75) is 13.8 Å². The van der Waals surface area contributed by atoms with Gasteiger partial charge in [0.1, 0.15) is 28.0 Å². The fraction of sp³-hybridized carbons (Fsp3) is 0.0909. The van der Waals surface area contributed by atoms with Gasteiger partial charge in [0.15, 0.2) is 11.1 Å². The van der Waals surface area contributed by atoms with Gasteiger partial charge in [0.2, 0.25) is 0 Å². The Kier molecular flexibility index (Phi) is 7.41. The number of anilines is 4. The van der Waals surface area contributed by atoms with Crippen LogP contribution in [0.15, 0.2) is 52.1 Å². The van der Waals surface area contributed by atoms with Crippen LogP contribution in [-0.2, 0) is 0 Å². The molecule has 0 aliphatic heterocycles. The largest absolute Gasteiger partial charge is 0.345 e. The van der Waals surface area contributed by atoms with Crippen LogP contribution in [0.3, 0.4) is 0 Å². The summed E-state index contributed by atoms with van der Waals surface area (Å²) in [6.45, 7) is 3.50. The van der Waals surface area contributed by atoms with E-state index in [1.807, 2.05) is 42.5 Å². The number of nitrogens with one attached hydrogen (secondary N) is 4. The molecule has 0 aliphatic carbocycles. The van der Waals surface area contributed by atoms with Crippen molar-refractivity contribution in [1.82, 2.24) is 8.75 Å². The monoisotopic (exact) mass is 480 g/mol. The lowest BCUT2D eigenvalue weighted by Crippen LogP contribution is -2.03. The standard InChI is InChI=1S/C12H10FN3OS.C10H7N3OS/c1-6-3-8(4-10(13)7(6)2)15-12-9(5-14)11(17)16-18-12;11-6-8-9(14)13-15-10(8)12-7-4-2-1-3-5-7/h3-4,15H,1-2H3,(H,16,17);1-5,12H,(H,13,14). The van der Waals surface area contributed by atoms with Crippen molar-refractivity contribution < 1.29 is 4.39 Å². The third kappa shape index (κ3) is 5.54. The van der Waals surface area contributed by atoms with Crippen molar-refractivity contribution in [3.63, 3.8) is 0 Å². The molecule has 0 aliphatic rings. The minimum atomic E-state index is -0.436. The molecule has 0 spiro atoms. The number of rotatable bonds is 4. The molecule has 4 N–H and O–H groups in total. The van der Waals surface area contributed by atoms with Crippen LogP contribution in [0.1, 0.15) is 22.3 Å². The third-order valence-electron chi connectivity index (χ3n) is 4.52. The van der Waals surface area contributed by atoms with Crippen LogP contribution in [0.4, 0.5) is 25.8 Å². The predicted octanol–water partition coefficient (Wildman–Crippen LogP) is 4.86. The molecule has 2 aromatic heterocycles.